The summed E-state index contributed by atoms with van der Waals surface area (Å²) in [5.41, 5.74) is 0. The summed E-state index contributed by atoms with van der Waals surface area (Å²) in [5.74, 6) is 2.16. The fraction of sp³-hybridized carbons (Fsp3) is 0.500. The average molecular weight is 474 g/mol. The molecule has 1 N–H and O–H groups in total. The maximum Gasteiger partial charge on any atom is 0.289 e. The van der Waals surface area contributed by atoms with Gasteiger partial charge in [-0.05, 0) is 26.0 Å². The van der Waals surface area contributed by atoms with Gasteiger partial charge in [-0.2, -0.15) is 4.98 Å². The van der Waals surface area contributed by atoms with Crippen LogP contribution >= 0.6 is 24.0 Å². The summed E-state index contributed by atoms with van der Waals surface area (Å²) in [6, 6.07) is 3.41. The van der Waals surface area contributed by atoms with Crippen LogP contribution in [0.1, 0.15) is 29.2 Å². The Hall–Kier alpha value is -2.11. The lowest BCUT2D eigenvalue weighted by atomic mass is 10.3. The van der Waals surface area contributed by atoms with Crippen LogP contribution in [0.2, 0.25) is 0 Å². The number of carbonyl (C=O) groups is 1. The van der Waals surface area contributed by atoms with Crippen molar-refractivity contribution in [3.63, 3.8) is 0 Å². The Morgan fingerprint density at radius 1 is 1.31 bits per heavy atom. The Kier molecular flexibility index (Phi) is 7.42. The summed E-state index contributed by atoms with van der Waals surface area (Å²) < 4.78 is 10.3. The first-order valence-electron chi connectivity index (χ1n) is 8.32. The molecule has 3 heterocycles. The Morgan fingerprint density at radius 2 is 2.04 bits per heavy atom. The van der Waals surface area contributed by atoms with Crippen LogP contribution in [0, 0.1) is 6.92 Å². The molecule has 0 saturated carbocycles. The highest BCUT2D eigenvalue weighted by Crippen LogP contribution is 2.10. The van der Waals surface area contributed by atoms with Crippen molar-refractivity contribution in [1.29, 1.82) is 0 Å². The van der Waals surface area contributed by atoms with E-state index in [0.29, 0.717) is 50.2 Å². The molecule has 0 bridgehead atoms. The number of hydrogen-bond acceptors (Lipinski definition) is 6. The van der Waals surface area contributed by atoms with E-state index < -0.39 is 0 Å². The van der Waals surface area contributed by atoms with E-state index in [0.717, 1.165) is 12.5 Å². The zero-order valence-electron chi connectivity index (χ0n) is 14.8. The van der Waals surface area contributed by atoms with Gasteiger partial charge in [-0.15, -0.1) is 24.0 Å². The number of rotatable bonds is 4. The van der Waals surface area contributed by atoms with Crippen molar-refractivity contribution in [2.45, 2.75) is 20.4 Å². The van der Waals surface area contributed by atoms with Crippen molar-refractivity contribution < 1.29 is 13.7 Å². The van der Waals surface area contributed by atoms with Gasteiger partial charge in [0.15, 0.2) is 17.5 Å². The van der Waals surface area contributed by atoms with E-state index in [1.165, 1.54) is 6.26 Å². The van der Waals surface area contributed by atoms with Gasteiger partial charge >= 0.3 is 0 Å². The molecular formula is C16H23IN6O3. The number of furan rings is 1. The van der Waals surface area contributed by atoms with Gasteiger partial charge in [0.2, 0.25) is 5.89 Å². The standard InChI is InChI=1S/C16H22N6O3.HI/c1-3-17-16(18-11-14-19-12(2)20-25-14)22-8-6-21(7-9-22)15(23)13-5-4-10-24-13;/h4-5,10H,3,6-9,11H2,1-2H3,(H,17,18);1H. The second kappa shape index (κ2) is 9.55. The van der Waals surface area contributed by atoms with Crippen molar-refractivity contribution in [2.75, 3.05) is 32.7 Å². The number of nitrogens with one attached hydrogen (secondary N) is 1. The number of aryl methyl sites for hydroxylation is 1. The number of piperazine rings is 1. The van der Waals surface area contributed by atoms with Gasteiger partial charge in [0, 0.05) is 32.7 Å². The van der Waals surface area contributed by atoms with E-state index in [1.54, 1.807) is 24.0 Å². The van der Waals surface area contributed by atoms with E-state index >= 15 is 0 Å². The van der Waals surface area contributed by atoms with E-state index in [-0.39, 0.29) is 29.9 Å². The Balaban J connectivity index is 0.00000243. The summed E-state index contributed by atoms with van der Waals surface area (Å²) in [7, 11) is 0. The minimum Gasteiger partial charge on any atom is -0.459 e. The highest BCUT2D eigenvalue weighted by molar-refractivity contribution is 14.0. The summed E-state index contributed by atoms with van der Waals surface area (Å²) in [6.07, 6.45) is 1.51. The number of hydrogen-bond donors (Lipinski definition) is 1. The van der Waals surface area contributed by atoms with Crippen molar-refractivity contribution in [3.05, 3.63) is 35.9 Å². The predicted molar refractivity (Wildman–Crippen MR) is 105 cm³/mol. The normalized spacial score (nSPS) is 14.9. The highest BCUT2D eigenvalue weighted by Gasteiger charge is 2.25. The lowest BCUT2D eigenvalue weighted by molar-refractivity contribution is 0.0657. The van der Waals surface area contributed by atoms with Gasteiger partial charge in [0.1, 0.15) is 6.54 Å². The molecule has 1 fully saturated rings. The number of carbonyl (C=O) groups excluding carboxylic acids is 1. The van der Waals surface area contributed by atoms with Crippen LogP contribution < -0.4 is 5.32 Å². The molecule has 0 atom stereocenters. The summed E-state index contributed by atoms with van der Waals surface area (Å²) in [5, 5.41) is 7.03. The average Bonchev–Trinajstić information content (AvgIpc) is 3.30. The fourth-order valence-electron chi connectivity index (χ4n) is 2.65. The van der Waals surface area contributed by atoms with Crippen LogP contribution in [0.4, 0.5) is 0 Å². The molecule has 26 heavy (non-hydrogen) atoms. The lowest BCUT2D eigenvalue weighted by Crippen LogP contribution is -2.53. The third-order valence-corrected chi connectivity index (χ3v) is 3.87. The monoisotopic (exact) mass is 474 g/mol. The molecule has 2 aromatic rings. The number of nitrogens with zero attached hydrogens (tertiary/aromatic N) is 5. The molecular weight excluding hydrogens is 451 g/mol. The van der Waals surface area contributed by atoms with Crippen LogP contribution in [0.5, 0.6) is 0 Å². The van der Waals surface area contributed by atoms with Gasteiger partial charge in [0.25, 0.3) is 5.91 Å². The molecule has 9 nitrogen and oxygen atoms in total. The molecule has 10 heteroatoms. The number of aromatic nitrogens is 2. The van der Waals surface area contributed by atoms with E-state index in [1.807, 2.05) is 6.92 Å². The van der Waals surface area contributed by atoms with Gasteiger partial charge < -0.3 is 24.1 Å². The fourth-order valence-corrected chi connectivity index (χ4v) is 2.65. The smallest absolute Gasteiger partial charge is 0.289 e. The third-order valence-electron chi connectivity index (χ3n) is 3.87. The van der Waals surface area contributed by atoms with Crippen molar-refractivity contribution in [2.24, 2.45) is 4.99 Å². The highest BCUT2D eigenvalue weighted by atomic mass is 127. The zero-order valence-corrected chi connectivity index (χ0v) is 17.2. The predicted octanol–water partition coefficient (Wildman–Crippen LogP) is 1.51. The SMILES string of the molecule is CCNC(=NCc1nc(C)no1)N1CCN(C(=O)c2ccco2)CC1.I. The molecule has 0 aromatic carbocycles. The maximum atomic E-state index is 12.3. The first-order valence-corrected chi connectivity index (χ1v) is 8.32. The summed E-state index contributed by atoms with van der Waals surface area (Å²) >= 11 is 0. The number of guanidine groups is 1. The van der Waals surface area contributed by atoms with Crippen LogP contribution in [0.25, 0.3) is 0 Å². The van der Waals surface area contributed by atoms with Crippen molar-refractivity contribution >= 4 is 35.8 Å². The van der Waals surface area contributed by atoms with Crippen LogP contribution in [-0.2, 0) is 6.54 Å². The molecule has 0 spiro atoms. The second-order valence-corrected chi connectivity index (χ2v) is 5.66. The van der Waals surface area contributed by atoms with E-state index in [2.05, 4.69) is 25.3 Å². The van der Waals surface area contributed by atoms with Crippen molar-refractivity contribution in [1.82, 2.24) is 25.3 Å². The molecule has 2 aromatic heterocycles. The van der Waals surface area contributed by atoms with Gasteiger partial charge in [-0.25, -0.2) is 4.99 Å². The minimum absolute atomic E-state index is 0. The largest absolute Gasteiger partial charge is 0.459 e. The Morgan fingerprint density at radius 3 is 2.62 bits per heavy atom. The van der Waals surface area contributed by atoms with Gasteiger partial charge in [0.05, 0.1) is 6.26 Å². The molecule has 3 rings (SSSR count). The third kappa shape index (κ3) is 4.96. The molecule has 1 saturated heterocycles. The van der Waals surface area contributed by atoms with Gasteiger partial charge in [-0.1, -0.05) is 5.16 Å². The molecule has 1 aliphatic heterocycles. The number of amides is 1. The van der Waals surface area contributed by atoms with E-state index in [4.69, 9.17) is 8.94 Å². The molecule has 0 unspecified atom stereocenters. The van der Waals surface area contributed by atoms with Crippen LogP contribution in [0.15, 0.2) is 32.3 Å². The number of aliphatic imine (C=N–C) groups is 1. The van der Waals surface area contributed by atoms with Crippen LogP contribution in [0.3, 0.4) is 0 Å². The minimum atomic E-state index is -0.0760. The summed E-state index contributed by atoms with van der Waals surface area (Å²) in [4.78, 5) is 24.9. The molecule has 0 aliphatic carbocycles. The number of halogens is 1. The molecule has 1 amide bonds. The second-order valence-electron chi connectivity index (χ2n) is 5.66. The quantitative estimate of drug-likeness (QED) is 0.408. The summed E-state index contributed by atoms with van der Waals surface area (Å²) in [6.45, 7) is 7.50. The van der Waals surface area contributed by atoms with E-state index in [9.17, 15) is 4.79 Å². The molecule has 142 valence electrons. The Bertz CT molecular complexity index is 722. The Labute approximate surface area is 168 Å². The topological polar surface area (TPSA) is 100 Å². The molecule has 1 aliphatic rings. The first kappa shape index (κ1) is 20.2. The van der Waals surface area contributed by atoms with Crippen LogP contribution in [-0.4, -0.2) is 64.5 Å². The van der Waals surface area contributed by atoms with Crippen molar-refractivity contribution in [3.8, 4) is 0 Å². The maximum absolute atomic E-state index is 12.3. The first-order chi connectivity index (χ1) is 12.2. The zero-order chi connectivity index (χ0) is 17.6. The lowest BCUT2D eigenvalue weighted by Gasteiger charge is -2.36. The van der Waals surface area contributed by atoms with Gasteiger partial charge in [-0.3, -0.25) is 4.79 Å². The molecule has 0 radical (unpaired) electrons.